The van der Waals surface area contributed by atoms with Crippen LogP contribution in [0.1, 0.15) is 40.8 Å². The van der Waals surface area contributed by atoms with E-state index in [1.54, 1.807) is 12.1 Å². The average molecular weight is 417 g/mol. The van der Waals surface area contributed by atoms with Gasteiger partial charge < -0.3 is 10.1 Å². The van der Waals surface area contributed by atoms with E-state index in [9.17, 15) is 13.2 Å². The van der Waals surface area contributed by atoms with Crippen LogP contribution in [-0.4, -0.2) is 33.2 Å². The van der Waals surface area contributed by atoms with Gasteiger partial charge in [-0.05, 0) is 74.6 Å². The van der Waals surface area contributed by atoms with Crippen LogP contribution in [0, 0.1) is 27.7 Å². The van der Waals surface area contributed by atoms with Crippen LogP contribution in [0.4, 0.5) is 5.69 Å². The molecule has 29 heavy (non-hydrogen) atoms. The lowest BCUT2D eigenvalue weighted by Gasteiger charge is -2.34. The minimum absolute atomic E-state index is 0.0562. The molecule has 1 aliphatic heterocycles. The highest BCUT2D eigenvalue weighted by Gasteiger charge is 2.35. The van der Waals surface area contributed by atoms with Gasteiger partial charge in [-0.1, -0.05) is 18.2 Å². The molecule has 0 bridgehead atoms. The first-order chi connectivity index (χ1) is 13.5. The second-order valence-corrected chi connectivity index (χ2v) is 9.80. The van der Waals surface area contributed by atoms with Crippen molar-refractivity contribution >= 4 is 21.6 Å². The van der Waals surface area contributed by atoms with E-state index in [0.717, 1.165) is 28.5 Å². The molecule has 0 saturated heterocycles. The van der Waals surface area contributed by atoms with Gasteiger partial charge in [-0.2, -0.15) is 0 Å². The van der Waals surface area contributed by atoms with Crippen LogP contribution in [0.5, 0.6) is 5.75 Å². The van der Waals surface area contributed by atoms with E-state index >= 15 is 0 Å². The maximum atomic E-state index is 13.0. The minimum Gasteiger partial charge on any atom is -0.476 e. The first kappa shape index (κ1) is 21.2. The van der Waals surface area contributed by atoms with Crippen LogP contribution in [0.2, 0.25) is 0 Å². The summed E-state index contributed by atoms with van der Waals surface area (Å²) in [7, 11) is -3.54. The molecule has 1 N–H and O–H groups in total. The normalized spacial score (nSPS) is 17.3. The Morgan fingerprint density at radius 1 is 1.10 bits per heavy atom. The number of ether oxygens (including phenoxy) is 1. The van der Waals surface area contributed by atoms with Gasteiger partial charge in [-0.3, -0.25) is 9.10 Å². The average Bonchev–Trinajstić information content (AvgIpc) is 2.62. The van der Waals surface area contributed by atoms with Gasteiger partial charge in [0.15, 0.2) is 6.10 Å². The maximum absolute atomic E-state index is 13.0. The number of nitrogens with zero attached hydrogens (tertiary/aromatic N) is 1. The number of carbonyl (C=O) groups excluding carboxylic acids is 1. The Labute approximate surface area is 172 Å². The molecule has 0 aliphatic carbocycles. The number of hydrogen-bond acceptors (Lipinski definition) is 4. The van der Waals surface area contributed by atoms with Crippen molar-refractivity contribution in [3.8, 4) is 5.75 Å². The molecule has 0 radical (unpaired) electrons. The van der Waals surface area contributed by atoms with Gasteiger partial charge in [-0.25, -0.2) is 8.42 Å². The summed E-state index contributed by atoms with van der Waals surface area (Å²) in [6.45, 7) is 9.88. The summed E-state index contributed by atoms with van der Waals surface area (Å²) in [6.07, 6.45) is 0.214. The molecular weight excluding hydrogens is 388 g/mol. The standard InChI is InChI=1S/C22H28N2O4S/c1-13-7-8-19-20(9-13)28-21(12-24(19)29(6,26)27)22(25)23-17(5)18-11-15(3)14(2)10-16(18)4/h7-11,17,21H,12H2,1-6H3,(H,23,25)/t17-,21-/m1/s1. The van der Waals surface area contributed by atoms with E-state index in [-0.39, 0.29) is 18.5 Å². The third-order valence-electron chi connectivity index (χ3n) is 5.39. The minimum atomic E-state index is -3.54. The fourth-order valence-electron chi connectivity index (χ4n) is 3.65. The number of rotatable bonds is 4. The summed E-state index contributed by atoms with van der Waals surface area (Å²) >= 11 is 0. The second-order valence-electron chi connectivity index (χ2n) is 7.90. The fourth-order valence-corrected chi connectivity index (χ4v) is 4.56. The van der Waals surface area contributed by atoms with Crippen molar-refractivity contribution in [2.45, 2.75) is 46.8 Å². The number of aryl methyl sites for hydroxylation is 4. The summed E-state index contributed by atoms with van der Waals surface area (Å²) in [5.41, 5.74) is 5.89. The van der Waals surface area contributed by atoms with Gasteiger partial charge in [0, 0.05) is 0 Å². The first-order valence-electron chi connectivity index (χ1n) is 9.60. The Bertz CT molecular complexity index is 1060. The van der Waals surface area contributed by atoms with Crippen molar-refractivity contribution in [2.75, 3.05) is 17.1 Å². The summed E-state index contributed by atoms with van der Waals surface area (Å²) in [5.74, 6) is 0.0628. The zero-order chi connectivity index (χ0) is 21.5. The number of amides is 1. The lowest BCUT2D eigenvalue weighted by atomic mass is 9.96. The highest BCUT2D eigenvalue weighted by molar-refractivity contribution is 7.92. The number of nitrogens with one attached hydrogen (secondary N) is 1. The van der Waals surface area contributed by atoms with Crippen molar-refractivity contribution in [2.24, 2.45) is 0 Å². The van der Waals surface area contributed by atoms with Crippen LogP contribution >= 0.6 is 0 Å². The van der Waals surface area contributed by atoms with Gasteiger partial charge in [-0.15, -0.1) is 0 Å². The molecule has 0 spiro atoms. The van der Waals surface area contributed by atoms with Gasteiger partial charge in [0.1, 0.15) is 5.75 Å². The van der Waals surface area contributed by atoms with Crippen molar-refractivity contribution < 1.29 is 17.9 Å². The summed E-state index contributed by atoms with van der Waals surface area (Å²) in [5, 5.41) is 2.99. The molecule has 0 aromatic heterocycles. The largest absolute Gasteiger partial charge is 0.476 e. The molecule has 7 heteroatoms. The van der Waals surface area contributed by atoms with Gasteiger partial charge in [0.05, 0.1) is 24.5 Å². The Morgan fingerprint density at radius 3 is 2.41 bits per heavy atom. The molecule has 2 aromatic carbocycles. The smallest absolute Gasteiger partial charge is 0.263 e. The van der Waals surface area contributed by atoms with Crippen LogP contribution in [0.3, 0.4) is 0 Å². The molecule has 1 amide bonds. The van der Waals surface area contributed by atoms with Gasteiger partial charge in [0.25, 0.3) is 5.91 Å². The van der Waals surface area contributed by atoms with Crippen LogP contribution in [0.25, 0.3) is 0 Å². The molecule has 156 valence electrons. The SMILES string of the molecule is Cc1ccc2c(c1)O[C@@H](C(=O)N[C@H](C)c1cc(C)c(C)cc1C)CN2S(C)(=O)=O. The lowest BCUT2D eigenvalue weighted by molar-refractivity contribution is -0.128. The van der Waals surface area contributed by atoms with Crippen molar-refractivity contribution in [1.82, 2.24) is 5.32 Å². The van der Waals surface area contributed by atoms with Crippen LogP contribution < -0.4 is 14.4 Å². The molecule has 0 fully saturated rings. The van der Waals surface area contributed by atoms with E-state index in [1.165, 1.54) is 9.87 Å². The highest BCUT2D eigenvalue weighted by Crippen LogP contribution is 2.36. The highest BCUT2D eigenvalue weighted by atomic mass is 32.2. The molecule has 0 unspecified atom stereocenters. The quantitative estimate of drug-likeness (QED) is 0.830. The van der Waals surface area contributed by atoms with Gasteiger partial charge in [0.2, 0.25) is 10.0 Å². The molecular formula is C22H28N2O4S. The number of carbonyl (C=O) groups is 1. The molecule has 6 nitrogen and oxygen atoms in total. The van der Waals surface area contributed by atoms with Crippen LogP contribution in [0.15, 0.2) is 30.3 Å². The lowest BCUT2D eigenvalue weighted by Crippen LogP contribution is -2.50. The Balaban J connectivity index is 1.85. The first-order valence-corrected chi connectivity index (χ1v) is 11.5. The van der Waals surface area contributed by atoms with E-state index in [2.05, 4.69) is 24.4 Å². The van der Waals surface area contributed by atoms with Crippen molar-refractivity contribution in [3.63, 3.8) is 0 Å². The monoisotopic (exact) mass is 416 g/mol. The maximum Gasteiger partial charge on any atom is 0.263 e. The van der Waals surface area contributed by atoms with E-state index in [0.29, 0.717) is 11.4 Å². The topological polar surface area (TPSA) is 75.7 Å². The fraction of sp³-hybridized carbons (Fsp3) is 0.409. The summed E-state index contributed by atoms with van der Waals surface area (Å²) in [4.78, 5) is 13.0. The van der Waals surface area contributed by atoms with E-state index in [1.807, 2.05) is 33.8 Å². The zero-order valence-electron chi connectivity index (χ0n) is 17.7. The summed E-state index contributed by atoms with van der Waals surface area (Å²) in [6, 6.07) is 9.25. The predicted octanol–water partition coefficient (Wildman–Crippen LogP) is 3.32. The van der Waals surface area contributed by atoms with E-state index in [4.69, 9.17) is 4.74 Å². The molecule has 0 saturated carbocycles. The second kappa shape index (κ2) is 7.71. The number of sulfonamides is 1. The molecule has 1 heterocycles. The Hall–Kier alpha value is -2.54. The Kier molecular flexibility index (Phi) is 5.63. The molecule has 2 atom stereocenters. The number of anilines is 1. The molecule has 3 rings (SSSR count). The Morgan fingerprint density at radius 2 is 1.76 bits per heavy atom. The molecule has 2 aromatic rings. The third kappa shape index (κ3) is 4.40. The predicted molar refractivity (Wildman–Crippen MR) is 115 cm³/mol. The third-order valence-corrected chi connectivity index (χ3v) is 6.53. The molecule has 1 aliphatic rings. The van der Waals surface area contributed by atoms with Crippen molar-refractivity contribution in [1.29, 1.82) is 0 Å². The number of hydrogen-bond donors (Lipinski definition) is 1. The van der Waals surface area contributed by atoms with Crippen molar-refractivity contribution in [3.05, 3.63) is 58.1 Å². The summed E-state index contributed by atoms with van der Waals surface area (Å²) < 4.78 is 31.7. The van der Waals surface area contributed by atoms with Crippen LogP contribution in [-0.2, 0) is 14.8 Å². The number of benzene rings is 2. The zero-order valence-corrected chi connectivity index (χ0v) is 18.6. The number of fused-ring (bicyclic) bond motifs is 1. The van der Waals surface area contributed by atoms with E-state index < -0.39 is 16.1 Å². The van der Waals surface area contributed by atoms with Gasteiger partial charge >= 0.3 is 0 Å².